The molecule has 78 valence electrons. The van der Waals surface area contributed by atoms with Crippen LogP contribution in [0.15, 0.2) is 26.3 Å². The zero-order chi connectivity index (χ0) is 10.8. The molecular formula is C8H5Br2N3OS. The summed E-state index contributed by atoms with van der Waals surface area (Å²) >= 11 is 8.15. The Hall–Kier alpha value is -0.530. The molecule has 0 radical (unpaired) electrons. The minimum atomic E-state index is 0.00863. The largest absolute Gasteiger partial charge is 0.292 e. The fourth-order valence-corrected chi connectivity index (χ4v) is 3.93. The second kappa shape index (κ2) is 4.54. The molecular weight excluding hydrogens is 346 g/mol. The van der Waals surface area contributed by atoms with E-state index in [0.717, 1.165) is 7.57 Å². The van der Waals surface area contributed by atoms with E-state index in [0.29, 0.717) is 5.56 Å². The summed E-state index contributed by atoms with van der Waals surface area (Å²) in [5.74, 6) is 0.00863. The van der Waals surface area contributed by atoms with Gasteiger partial charge in [0.2, 0.25) is 0 Å². The number of halogens is 2. The number of carbonyl (C=O) groups is 1. The second-order valence-electron chi connectivity index (χ2n) is 2.75. The highest BCUT2D eigenvalue weighted by molar-refractivity contribution is 9.12. The number of hydrogen-bond donors (Lipinski definition) is 0. The van der Waals surface area contributed by atoms with Gasteiger partial charge in [-0.1, -0.05) is 0 Å². The van der Waals surface area contributed by atoms with E-state index in [4.69, 9.17) is 0 Å². The first kappa shape index (κ1) is 11.0. The zero-order valence-electron chi connectivity index (χ0n) is 7.35. The summed E-state index contributed by atoms with van der Waals surface area (Å²) in [6, 6.07) is 1.80. The molecule has 0 fully saturated rings. The quantitative estimate of drug-likeness (QED) is 0.799. The van der Waals surface area contributed by atoms with Gasteiger partial charge in [-0.2, -0.15) is 5.10 Å². The molecule has 15 heavy (non-hydrogen) atoms. The van der Waals surface area contributed by atoms with Crippen molar-refractivity contribution in [1.29, 1.82) is 0 Å². The molecule has 2 aromatic heterocycles. The zero-order valence-corrected chi connectivity index (χ0v) is 11.3. The number of Topliss-reactive ketones (excluding diaryl/α,β-unsaturated/α-hetero) is 1. The third-order valence-electron chi connectivity index (χ3n) is 1.73. The molecule has 0 spiro atoms. The highest BCUT2D eigenvalue weighted by Gasteiger charge is 2.14. The maximum absolute atomic E-state index is 11.8. The normalized spacial score (nSPS) is 10.5. The molecule has 0 saturated carbocycles. The predicted octanol–water partition coefficient (Wildman–Crippen LogP) is 2.75. The maximum atomic E-state index is 11.8. The number of carbonyl (C=O) groups excluding carboxylic acids is 1. The van der Waals surface area contributed by atoms with Crippen LogP contribution in [-0.4, -0.2) is 20.5 Å². The van der Waals surface area contributed by atoms with E-state index in [9.17, 15) is 4.79 Å². The van der Waals surface area contributed by atoms with E-state index in [1.165, 1.54) is 28.7 Å². The van der Waals surface area contributed by atoms with E-state index in [-0.39, 0.29) is 12.3 Å². The fourth-order valence-electron chi connectivity index (χ4n) is 1.08. The van der Waals surface area contributed by atoms with Crippen LogP contribution in [0, 0.1) is 0 Å². The Morgan fingerprint density at radius 1 is 1.53 bits per heavy atom. The first-order valence-electron chi connectivity index (χ1n) is 3.97. The van der Waals surface area contributed by atoms with Crippen molar-refractivity contribution in [3.8, 4) is 0 Å². The summed E-state index contributed by atoms with van der Waals surface area (Å²) in [7, 11) is 0. The Morgan fingerprint density at radius 2 is 2.33 bits per heavy atom. The van der Waals surface area contributed by atoms with E-state index in [1.807, 2.05) is 0 Å². The summed E-state index contributed by atoms with van der Waals surface area (Å²) in [6.45, 7) is 0.210. The minimum Gasteiger partial charge on any atom is -0.292 e. The third-order valence-corrected chi connectivity index (χ3v) is 4.07. The molecule has 2 aromatic rings. The lowest BCUT2D eigenvalue weighted by molar-refractivity contribution is 0.0967. The lowest BCUT2D eigenvalue weighted by Gasteiger charge is -1.98. The van der Waals surface area contributed by atoms with Crippen LogP contribution in [0.5, 0.6) is 0 Å². The molecule has 0 atom stereocenters. The minimum absolute atomic E-state index is 0.00863. The van der Waals surface area contributed by atoms with Crippen LogP contribution in [0.4, 0.5) is 0 Å². The third kappa shape index (κ3) is 2.53. The molecule has 0 N–H and O–H groups in total. The molecule has 0 saturated heterocycles. The topological polar surface area (TPSA) is 47.8 Å². The van der Waals surface area contributed by atoms with Crippen molar-refractivity contribution < 1.29 is 4.79 Å². The van der Waals surface area contributed by atoms with Gasteiger partial charge in [0.25, 0.3) is 0 Å². The fraction of sp³-hybridized carbons (Fsp3) is 0.125. The Morgan fingerprint density at radius 3 is 2.87 bits per heavy atom. The van der Waals surface area contributed by atoms with Gasteiger partial charge in [-0.15, -0.1) is 11.3 Å². The number of nitrogens with zero attached hydrogens (tertiary/aromatic N) is 3. The predicted molar refractivity (Wildman–Crippen MR) is 64.1 cm³/mol. The SMILES string of the molecule is O=C(Cn1cncn1)c1cc(Br)sc1Br. The molecule has 0 aliphatic heterocycles. The highest BCUT2D eigenvalue weighted by atomic mass is 79.9. The van der Waals surface area contributed by atoms with Gasteiger partial charge in [0.15, 0.2) is 5.78 Å². The standard InChI is InChI=1S/C8H5Br2N3OS/c9-7-1-5(8(10)15-7)6(14)2-13-4-11-3-12-13/h1,3-4H,2H2. The molecule has 7 heteroatoms. The average molecular weight is 351 g/mol. The second-order valence-corrected chi connectivity index (χ2v) is 6.50. The van der Waals surface area contributed by atoms with Crippen LogP contribution in [0.2, 0.25) is 0 Å². The first-order chi connectivity index (χ1) is 7.16. The summed E-state index contributed by atoms with van der Waals surface area (Å²) < 4.78 is 3.26. The highest BCUT2D eigenvalue weighted by Crippen LogP contribution is 2.32. The number of rotatable bonds is 3. The smallest absolute Gasteiger partial charge is 0.186 e. The number of thiophene rings is 1. The van der Waals surface area contributed by atoms with Gasteiger partial charge in [0, 0.05) is 5.56 Å². The number of aromatic nitrogens is 3. The average Bonchev–Trinajstić information content (AvgIpc) is 2.75. The van der Waals surface area contributed by atoms with Gasteiger partial charge in [-0.3, -0.25) is 4.79 Å². The summed E-state index contributed by atoms with van der Waals surface area (Å²) in [5, 5.41) is 3.88. The Labute approximate surface area is 107 Å². The summed E-state index contributed by atoms with van der Waals surface area (Å²) in [6.07, 6.45) is 2.93. The number of hydrogen-bond acceptors (Lipinski definition) is 4. The van der Waals surface area contributed by atoms with Gasteiger partial charge < -0.3 is 0 Å². The van der Waals surface area contributed by atoms with Crippen molar-refractivity contribution >= 4 is 49.0 Å². The van der Waals surface area contributed by atoms with Crippen LogP contribution in [-0.2, 0) is 6.54 Å². The summed E-state index contributed by atoms with van der Waals surface area (Å²) in [4.78, 5) is 15.6. The molecule has 0 unspecified atom stereocenters. The van der Waals surface area contributed by atoms with Gasteiger partial charge >= 0.3 is 0 Å². The van der Waals surface area contributed by atoms with Gasteiger partial charge in [0.05, 0.1) is 7.57 Å². The van der Waals surface area contributed by atoms with E-state index in [2.05, 4.69) is 41.9 Å². The van der Waals surface area contributed by atoms with Gasteiger partial charge in [-0.05, 0) is 37.9 Å². The van der Waals surface area contributed by atoms with Crippen molar-refractivity contribution in [3.63, 3.8) is 0 Å². The summed E-state index contributed by atoms with van der Waals surface area (Å²) in [5.41, 5.74) is 0.669. The van der Waals surface area contributed by atoms with Crippen molar-refractivity contribution in [2.45, 2.75) is 6.54 Å². The van der Waals surface area contributed by atoms with Gasteiger partial charge in [0.1, 0.15) is 19.2 Å². The van der Waals surface area contributed by atoms with E-state index >= 15 is 0 Å². The Balaban J connectivity index is 2.18. The molecule has 0 aromatic carbocycles. The van der Waals surface area contributed by atoms with Crippen LogP contribution < -0.4 is 0 Å². The molecule has 0 aliphatic rings. The van der Waals surface area contributed by atoms with Crippen molar-refractivity contribution in [2.75, 3.05) is 0 Å². The molecule has 0 aliphatic carbocycles. The van der Waals surface area contributed by atoms with E-state index < -0.39 is 0 Å². The molecule has 2 rings (SSSR count). The van der Waals surface area contributed by atoms with Crippen molar-refractivity contribution in [1.82, 2.24) is 14.8 Å². The lowest BCUT2D eigenvalue weighted by Crippen LogP contribution is -2.10. The lowest BCUT2D eigenvalue weighted by atomic mass is 10.2. The van der Waals surface area contributed by atoms with E-state index in [1.54, 1.807) is 6.07 Å². The van der Waals surface area contributed by atoms with Crippen LogP contribution in [0.3, 0.4) is 0 Å². The number of ketones is 1. The van der Waals surface area contributed by atoms with Gasteiger partial charge in [-0.25, -0.2) is 9.67 Å². The van der Waals surface area contributed by atoms with Crippen LogP contribution in [0.1, 0.15) is 10.4 Å². The van der Waals surface area contributed by atoms with Crippen molar-refractivity contribution in [2.24, 2.45) is 0 Å². The molecule has 0 amide bonds. The van der Waals surface area contributed by atoms with Crippen molar-refractivity contribution in [3.05, 3.63) is 31.9 Å². The first-order valence-corrected chi connectivity index (χ1v) is 6.37. The Bertz CT molecular complexity index is 480. The Kier molecular flexibility index (Phi) is 3.32. The maximum Gasteiger partial charge on any atom is 0.186 e. The molecule has 2 heterocycles. The van der Waals surface area contributed by atoms with Crippen LogP contribution >= 0.6 is 43.2 Å². The molecule has 0 bridgehead atoms. The van der Waals surface area contributed by atoms with Crippen LogP contribution in [0.25, 0.3) is 0 Å². The molecule has 4 nitrogen and oxygen atoms in total. The monoisotopic (exact) mass is 349 g/mol.